The van der Waals surface area contributed by atoms with Crippen LogP contribution in [0.1, 0.15) is 5.56 Å². The molecule has 0 spiro atoms. The first-order valence-corrected chi connectivity index (χ1v) is 4.75. The number of nitrogens with one attached hydrogen (secondary N) is 1. The first-order valence-electron chi connectivity index (χ1n) is 4.34. The Morgan fingerprint density at radius 3 is 2.25 bits per heavy atom. The van der Waals surface area contributed by atoms with Gasteiger partial charge in [-0.15, -0.1) is 0 Å². The third-order valence-corrected chi connectivity index (χ3v) is 2.03. The van der Waals surface area contributed by atoms with Crippen LogP contribution >= 0.6 is 12.2 Å². The molecule has 0 aliphatic carbocycles. The van der Waals surface area contributed by atoms with Crippen molar-refractivity contribution in [1.82, 2.24) is 0 Å². The lowest BCUT2D eigenvalue weighted by Crippen LogP contribution is -2.08. The lowest BCUT2D eigenvalue weighted by atomic mass is 10.2. The predicted octanol–water partition coefficient (Wildman–Crippen LogP) is 1.66. The molecule has 1 aromatic carbocycles. The van der Waals surface area contributed by atoms with E-state index >= 15 is 0 Å². The van der Waals surface area contributed by atoms with Crippen LogP contribution in [0.3, 0.4) is 0 Å². The summed E-state index contributed by atoms with van der Waals surface area (Å²) in [6.45, 7) is 0. The Balaban J connectivity index is 2.78. The highest BCUT2D eigenvalue weighted by Gasteiger charge is 1.96. The van der Waals surface area contributed by atoms with Crippen molar-refractivity contribution in [3.8, 4) is 12.1 Å². The standard InChI is InChI=1S/C11H8N4S/c12-5-8(6-13)7-15-10-3-1-9(2-4-10)11(14)16/h1-4,7,15H,(H2,14,16). The first kappa shape index (κ1) is 11.7. The molecule has 0 aromatic heterocycles. The molecule has 0 unspecified atom stereocenters. The predicted molar refractivity (Wildman–Crippen MR) is 65.3 cm³/mol. The van der Waals surface area contributed by atoms with Crippen LogP contribution in [0.15, 0.2) is 36.0 Å². The highest BCUT2D eigenvalue weighted by Crippen LogP contribution is 2.09. The lowest BCUT2D eigenvalue weighted by molar-refractivity contribution is 1.44. The summed E-state index contributed by atoms with van der Waals surface area (Å²) in [5.41, 5.74) is 6.98. The Hall–Kier alpha value is -2.37. The van der Waals surface area contributed by atoms with Crippen molar-refractivity contribution < 1.29 is 0 Å². The van der Waals surface area contributed by atoms with E-state index in [9.17, 15) is 0 Å². The summed E-state index contributed by atoms with van der Waals surface area (Å²) < 4.78 is 0. The van der Waals surface area contributed by atoms with Crippen molar-refractivity contribution in [3.05, 3.63) is 41.6 Å². The third kappa shape index (κ3) is 3.09. The molecule has 0 atom stereocenters. The Morgan fingerprint density at radius 1 is 1.25 bits per heavy atom. The minimum Gasteiger partial charge on any atom is -0.389 e. The van der Waals surface area contributed by atoms with E-state index in [2.05, 4.69) is 5.32 Å². The molecule has 0 aliphatic rings. The molecule has 0 bridgehead atoms. The monoisotopic (exact) mass is 228 g/mol. The van der Waals surface area contributed by atoms with Gasteiger partial charge in [-0.3, -0.25) is 0 Å². The molecule has 0 fully saturated rings. The summed E-state index contributed by atoms with van der Waals surface area (Å²) >= 11 is 4.81. The zero-order chi connectivity index (χ0) is 12.0. The third-order valence-electron chi connectivity index (χ3n) is 1.79. The van der Waals surface area contributed by atoms with Crippen molar-refractivity contribution in [2.45, 2.75) is 0 Å². The highest BCUT2D eigenvalue weighted by molar-refractivity contribution is 7.80. The topological polar surface area (TPSA) is 85.6 Å². The maximum absolute atomic E-state index is 8.51. The van der Waals surface area contributed by atoms with Crippen LogP contribution in [-0.2, 0) is 0 Å². The fraction of sp³-hybridized carbons (Fsp3) is 0. The number of anilines is 1. The molecular formula is C11H8N4S. The number of thiocarbonyl (C=S) groups is 1. The zero-order valence-corrected chi connectivity index (χ0v) is 9.08. The average molecular weight is 228 g/mol. The van der Waals surface area contributed by atoms with Crippen molar-refractivity contribution in [3.63, 3.8) is 0 Å². The molecule has 0 saturated heterocycles. The van der Waals surface area contributed by atoms with E-state index in [1.54, 1.807) is 36.4 Å². The van der Waals surface area contributed by atoms with E-state index < -0.39 is 0 Å². The van der Waals surface area contributed by atoms with Gasteiger partial charge in [-0.2, -0.15) is 10.5 Å². The molecule has 1 rings (SSSR count). The number of benzene rings is 1. The molecule has 16 heavy (non-hydrogen) atoms. The van der Waals surface area contributed by atoms with Crippen molar-refractivity contribution >= 4 is 22.9 Å². The van der Waals surface area contributed by atoms with Crippen LogP contribution in [0.4, 0.5) is 5.69 Å². The second-order valence-electron chi connectivity index (χ2n) is 2.87. The van der Waals surface area contributed by atoms with Gasteiger partial charge >= 0.3 is 0 Å². The normalized spacial score (nSPS) is 8.38. The fourth-order valence-corrected chi connectivity index (χ4v) is 1.11. The molecule has 0 aliphatic heterocycles. The van der Waals surface area contributed by atoms with Crippen LogP contribution in [0.2, 0.25) is 0 Å². The molecule has 4 nitrogen and oxygen atoms in total. The zero-order valence-electron chi connectivity index (χ0n) is 8.27. The van der Waals surface area contributed by atoms with Crippen LogP contribution in [-0.4, -0.2) is 4.99 Å². The Labute approximate surface area is 98.6 Å². The molecule has 3 N–H and O–H groups in total. The molecule has 0 radical (unpaired) electrons. The van der Waals surface area contributed by atoms with Crippen LogP contribution in [0.25, 0.3) is 0 Å². The van der Waals surface area contributed by atoms with Gasteiger partial charge in [-0.1, -0.05) is 12.2 Å². The fourth-order valence-electron chi connectivity index (χ4n) is 0.976. The quantitative estimate of drug-likeness (QED) is 0.607. The minimum absolute atomic E-state index is 0.0124. The summed E-state index contributed by atoms with van der Waals surface area (Å²) in [5, 5.41) is 19.8. The van der Waals surface area contributed by atoms with Gasteiger partial charge in [-0.05, 0) is 24.3 Å². The second-order valence-corrected chi connectivity index (χ2v) is 3.31. The van der Waals surface area contributed by atoms with Gasteiger partial charge in [0.2, 0.25) is 0 Å². The van der Waals surface area contributed by atoms with Crippen molar-refractivity contribution in [2.24, 2.45) is 5.73 Å². The summed E-state index contributed by atoms with van der Waals surface area (Å²) in [7, 11) is 0. The summed E-state index contributed by atoms with van der Waals surface area (Å²) in [4.78, 5) is 0.330. The van der Waals surface area contributed by atoms with Crippen LogP contribution in [0.5, 0.6) is 0 Å². The molecule has 1 aromatic rings. The van der Waals surface area contributed by atoms with Gasteiger partial charge in [-0.25, -0.2) is 0 Å². The second kappa shape index (κ2) is 5.50. The van der Waals surface area contributed by atoms with Gasteiger partial charge in [0.05, 0.1) is 0 Å². The number of nitrogens with zero attached hydrogens (tertiary/aromatic N) is 2. The van der Waals surface area contributed by atoms with Gasteiger partial charge in [0, 0.05) is 17.5 Å². The van der Waals surface area contributed by atoms with E-state index in [1.807, 2.05) is 0 Å². The maximum Gasteiger partial charge on any atom is 0.145 e. The molecule has 78 valence electrons. The average Bonchev–Trinajstić information content (AvgIpc) is 2.31. The number of hydrogen-bond donors (Lipinski definition) is 2. The van der Waals surface area contributed by atoms with E-state index in [-0.39, 0.29) is 5.57 Å². The summed E-state index contributed by atoms with van der Waals surface area (Å²) in [6, 6.07) is 10.5. The number of nitriles is 2. The summed E-state index contributed by atoms with van der Waals surface area (Å²) in [5.74, 6) is 0. The maximum atomic E-state index is 8.51. The molecule has 5 heteroatoms. The lowest BCUT2D eigenvalue weighted by Gasteiger charge is -2.02. The van der Waals surface area contributed by atoms with Gasteiger partial charge in [0.25, 0.3) is 0 Å². The van der Waals surface area contributed by atoms with Crippen molar-refractivity contribution in [1.29, 1.82) is 10.5 Å². The van der Waals surface area contributed by atoms with Gasteiger partial charge < -0.3 is 11.1 Å². The van der Waals surface area contributed by atoms with Gasteiger partial charge in [0.15, 0.2) is 0 Å². The summed E-state index contributed by atoms with van der Waals surface area (Å²) in [6.07, 6.45) is 1.34. The molecule has 0 heterocycles. The van der Waals surface area contributed by atoms with Gasteiger partial charge in [0.1, 0.15) is 22.7 Å². The molecule has 0 amide bonds. The Kier molecular flexibility index (Phi) is 4.02. The number of hydrogen-bond acceptors (Lipinski definition) is 4. The number of rotatable bonds is 3. The largest absolute Gasteiger partial charge is 0.389 e. The van der Waals surface area contributed by atoms with Crippen molar-refractivity contribution in [2.75, 3.05) is 5.32 Å². The SMILES string of the molecule is N#CC(C#N)=CNc1ccc(C(N)=S)cc1. The Morgan fingerprint density at radius 2 is 1.81 bits per heavy atom. The van der Waals surface area contributed by atoms with E-state index in [0.29, 0.717) is 4.99 Å². The van der Waals surface area contributed by atoms with Crippen LogP contribution in [0, 0.1) is 22.7 Å². The smallest absolute Gasteiger partial charge is 0.145 e. The van der Waals surface area contributed by atoms with E-state index in [4.69, 9.17) is 28.5 Å². The first-order chi connectivity index (χ1) is 7.67. The number of allylic oxidation sites excluding steroid dienone is 1. The highest BCUT2D eigenvalue weighted by atomic mass is 32.1. The van der Waals surface area contributed by atoms with Crippen LogP contribution < -0.4 is 11.1 Å². The molecular weight excluding hydrogens is 220 g/mol. The Bertz CT molecular complexity index is 486. The van der Waals surface area contributed by atoms with E-state index in [0.717, 1.165) is 11.3 Å². The minimum atomic E-state index is 0.0124. The molecule has 0 saturated carbocycles. The van der Waals surface area contributed by atoms with E-state index in [1.165, 1.54) is 6.20 Å². The number of nitrogens with two attached hydrogens (primary N) is 1.